The maximum atomic E-state index is 5.95. The molecule has 140 valence electrons. The molecule has 0 spiro atoms. The Kier molecular flexibility index (Phi) is 4.63. The second-order valence-corrected chi connectivity index (χ2v) is 7.42. The molecule has 3 saturated heterocycles. The van der Waals surface area contributed by atoms with Gasteiger partial charge in [-0.15, -0.1) is 0 Å². The maximum Gasteiger partial charge on any atom is 0.161 e. The van der Waals surface area contributed by atoms with E-state index in [0.29, 0.717) is 17.9 Å². The number of ether oxygens (including phenoxy) is 2. The maximum absolute atomic E-state index is 5.95. The molecule has 5 rings (SSSR count). The van der Waals surface area contributed by atoms with Crippen LogP contribution in [0.5, 0.6) is 11.5 Å². The van der Waals surface area contributed by atoms with Crippen molar-refractivity contribution in [3.8, 4) is 22.8 Å². The number of fused-ring (bicyclic) bond motifs is 3. The van der Waals surface area contributed by atoms with Gasteiger partial charge in [0, 0.05) is 43.4 Å². The summed E-state index contributed by atoms with van der Waals surface area (Å²) >= 11 is 0. The lowest BCUT2D eigenvalue weighted by Crippen LogP contribution is -2.55. The van der Waals surface area contributed by atoms with Crippen molar-refractivity contribution < 1.29 is 9.47 Å². The van der Waals surface area contributed by atoms with Crippen LogP contribution in [0.15, 0.2) is 24.3 Å². The second-order valence-electron chi connectivity index (χ2n) is 7.42. The van der Waals surface area contributed by atoms with Gasteiger partial charge >= 0.3 is 0 Å². The number of rotatable bonds is 5. The fraction of sp³-hybridized carbons (Fsp3) is 0.550. The largest absolute Gasteiger partial charge is 0.493 e. The van der Waals surface area contributed by atoms with E-state index >= 15 is 0 Å². The zero-order valence-electron chi connectivity index (χ0n) is 15.8. The minimum atomic E-state index is 0.540. The molecule has 4 atom stereocenters. The van der Waals surface area contributed by atoms with Gasteiger partial charge in [-0.1, -0.05) is 0 Å². The molecule has 0 saturated carbocycles. The second kappa shape index (κ2) is 6.93. The van der Waals surface area contributed by atoms with Crippen molar-refractivity contribution in [2.24, 2.45) is 18.7 Å². The first-order valence-electron chi connectivity index (χ1n) is 9.35. The summed E-state index contributed by atoms with van der Waals surface area (Å²) in [5.41, 5.74) is 9.30. The van der Waals surface area contributed by atoms with Gasteiger partial charge in [0.25, 0.3) is 0 Å². The van der Waals surface area contributed by atoms with Crippen LogP contribution >= 0.6 is 0 Å². The van der Waals surface area contributed by atoms with E-state index in [9.17, 15) is 0 Å². The number of hydrogen-bond acceptors (Lipinski definition) is 5. The Balaban J connectivity index is 1.63. The number of hydrogen-bond donors (Lipinski definition) is 1. The van der Waals surface area contributed by atoms with Crippen LogP contribution in [0.2, 0.25) is 0 Å². The topological polar surface area (TPSA) is 65.5 Å². The van der Waals surface area contributed by atoms with E-state index in [1.54, 1.807) is 14.2 Å². The van der Waals surface area contributed by atoms with Gasteiger partial charge in [-0.2, -0.15) is 5.10 Å². The summed E-state index contributed by atoms with van der Waals surface area (Å²) in [6.07, 6.45) is 2.47. The van der Waals surface area contributed by atoms with Gasteiger partial charge in [-0.05, 0) is 49.6 Å². The Hall–Kier alpha value is -2.05. The number of aryl methyl sites for hydroxylation is 1. The zero-order chi connectivity index (χ0) is 18.3. The number of piperidine rings is 3. The molecule has 2 aromatic rings. The van der Waals surface area contributed by atoms with Crippen LogP contribution < -0.4 is 15.2 Å². The molecule has 2 N–H and O–H groups in total. The fourth-order valence-corrected chi connectivity index (χ4v) is 4.68. The molecule has 1 aromatic heterocycles. The van der Waals surface area contributed by atoms with E-state index in [-0.39, 0.29) is 0 Å². The van der Waals surface area contributed by atoms with Crippen LogP contribution in [0.4, 0.5) is 0 Å². The molecule has 3 aliphatic heterocycles. The lowest BCUT2D eigenvalue weighted by molar-refractivity contribution is 0.0322. The molecular formula is C20H28N4O2. The summed E-state index contributed by atoms with van der Waals surface area (Å²) in [5, 5.41) is 4.79. The van der Waals surface area contributed by atoms with Crippen LogP contribution in [0.25, 0.3) is 11.3 Å². The smallest absolute Gasteiger partial charge is 0.161 e. The monoisotopic (exact) mass is 356 g/mol. The van der Waals surface area contributed by atoms with Gasteiger partial charge in [0.05, 0.1) is 19.9 Å². The highest BCUT2D eigenvalue weighted by Gasteiger charge is 2.41. The van der Waals surface area contributed by atoms with Crippen molar-refractivity contribution in [2.75, 3.05) is 33.9 Å². The lowest BCUT2D eigenvalue weighted by Gasteiger charge is -2.49. The van der Waals surface area contributed by atoms with Gasteiger partial charge in [0.15, 0.2) is 11.5 Å². The van der Waals surface area contributed by atoms with Gasteiger partial charge < -0.3 is 15.2 Å². The normalized spacial score (nSPS) is 27.5. The third-order valence-electron chi connectivity index (χ3n) is 6.13. The Morgan fingerprint density at radius 2 is 2.00 bits per heavy atom. The third-order valence-corrected chi connectivity index (χ3v) is 6.13. The average molecular weight is 356 g/mol. The predicted molar refractivity (Wildman–Crippen MR) is 102 cm³/mol. The molecule has 1 aromatic carbocycles. The first-order chi connectivity index (χ1) is 12.6. The van der Waals surface area contributed by atoms with E-state index in [1.165, 1.54) is 25.1 Å². The van der Waals surface area contributed by atoms with E-state index in [1.807, 2.05) is 18.2 Å². The van der Waals surface area contributed by atoms with E-state index in [4.69, 9.17) is 20.3 Å². The van der Waals surface area contributed by atoms with E-state index in [0.717, 1.165) is 35.8 Å². The molecule has 3 fully saturated rings. The van der Waals surface area contributed by atoms with Crippen LogP contribution in [-0.4, -0.2) is 54.6 Å². The standard InChI is InChI=1S/C20H28N4O2/c1-23-18(16-12-24-7-6-13(16)8-15(24)11-21)10-17(22-23)14-4-5-19(25-2)20(9-14)26-3/h4-5,9-10,13,15-16H,6-8,11-12,21H2,1-3H3/t13-,15+,16-/m0/s1. The van der Waals surface area contributed by atoms with Crippen LogP contribution in [0.3, 0.4) is 0 Å². The number of nitrogens with two attached hydrogens (primary N) is 1. The van der Waals surface area contributed by atoms with Crippen molar-refractivity contribution in [1.29, 1.82) is 0 Å². The summed E-state index contributed by atoms with van der Waals surface area (Å²) in [6.45, 7) is 3.05. The SMILES string of the molecule is COc1ccc(-c2cc([C@H]3CN4CC[C@H]3C[C@@H]4CN)n(C)n2)cc1OC. The fourth-order valence-electron chi connectivity index (χ4n) is 4.68. The van der Waals surface area contributed by atoms with Crippen molar-refractivity contribution in [3.05, 3.63) is 30.0 Å². The highest BCUT2D eigenvalue weighted by Crippen LogP contribution is 2.42. The number of methoxy groups -OCH3 is 2. The van der Waals surface area contributed by atoms with Crippen molar-refractivity contribution >= 4 is 0 Å². The quantitative estimate of drug-likeness (QED) is 0.890. The Labute approximate surface area is 154 Å². The molecule has 0 aliphatic carbocycles. The Morgan fingerprint density at radius 3 is 2.65 bits per heavy atom. The molecule has 0 amide bonds. The first kappa shape index (κ1) is 17.4. The van der Waals surface area contributed by atoms with E-state index in [2.05, 4.69) is 22.7 Å². The summed E-state index contributed by atoms with van der Waals surface area (Å²) in [7, 11) is 5.36. The predicted octanol–water partition coefficient (Wildman–Crippen LogP) is 2.24. The molecule has 4 heterocycles. The van der Waals surface area contributed by atoms with Crippen molar-refractivity contribution in [3.63, 3.8) is 0 Å². The molecule has 0 radical (unpaired) electrons. The summed E-state index contributed by atoms with van der Waals surface area (Å²) in [6, 6.07) is 8.76. The minimum absolute atomic E-state index is 0.540. The van der Waals surface area contributed by atoms with Crippen molar-refractivity contribution in [1.82, 2.24) is 14.7 Å². The number of aromatic nitrogens is 2. The minimum Gasteiger partial charge on any atom is -0.493 e. The first-order valence-corrected chi connectivity index (χ1v) is 9.35. The lowest BCUT2D eigenvalue weighted by atomic mass is 9.74. The summed E-state index contributed by atoms with van der Waals surface area (Å²) in [5.74, 6) is 2.71. The Bertz CT molecular complexity index is 788. The third kappa shape index (κ3) is 2.87. The van der Waals surface area contributed by atoms with Gasteiger partial charge in [0.2, 0.25) is 0 Å². The van der Waals surface area contributed by atoms with Crippen LogP contribution in [0.1, 0.15) is 24.5 Å². The molecule has 2 bridgehead atoms. The molecule has 26 heavy (non-hydrogen) atoms. The summed E-state index contributed by atoms with van der Waals surface area (Å²) in [4.78, 5) is 2.56. The molecule has 3 aliphatic rings. The van der Waals surface area contributed by atoms with Crippen LogP contribution in [-0.2, 0) is 7.05 Å². The zero-order valence-corrected chi connectivity index (χ0v) is 15.8. The van der Waals surface area contributed by atoms with Gasteiger partial charge in [0.1, 0.15) is 0 Å². The Morgan fingerprint density at radius 1 is 1.19 bits per heavy atom. The molecule has 6 nitrogen and oxygen atoms in total. The van der Waals surface area contributed by atoms with Crippen LogP contribution in [0, 0.1) is 5.92 Å². The number of benzene rings is 1. The summed E-state index contributed by atoms with van der Waals surface area (Å²) < 4.78 is 12.8. The molecule has 1 unspecified atom stereocenters. The molecular weight excluding hydrogens is 328 g/mol. The van der Waals surface area contributed by atoms with E-state index < -0.39 is 0 Å². The van der Waals surface area contributed by atoms with Gasteiger partial charge in [-0.25, -0.2) is 0 Å². The highest BCUT2D eigenvalue weighted by atomic mass is 16.5. The average Bonchev–Trinajstić information content (AvgIpc) is 3.09. The highest BCUT2D eigenvalue weighted by molar-refractivity contribution is 5.64. The molecule has 6 heteroatoms. The number of nitrogens with zero attached hydrogens (tertiary/aromatic N) is 3. The van der Waals surface area contributed by atoms with Gasteiger partial charge in [-0.3, -0.25) is 9.58 Å². The van der Waals surface area contributed by atoms with Crippen molar-refractivity contribution in [2.45, 2.75) is 24.8 Å².